The highest BCUT2D eigenvalue weighted by Crippen LogP contribution is 2.15. The smallest absolute Gasteiger partial charge is 0.231 e. The first-order valence-electron chi connectivity index (χ1n) is 5.60. The molecular weight excluding hydrogens is 242 g/mol. The van der Waals surface area contributed by atoms with Gasteiger partial charge in [0.25, 0.3) is 0 Å². The Morgan fingerprint density at radius 3 is 2.24 bits per heavy atom. The summed E-state index contributed by atoms with van der Waals surface area (Å²) in [7, 11) is 1.80. The van der Waals surface area contributed by atoms with Gasteiger partial charge >= 0.3 is 0 Å². The summed E-state index contributed by atoms with van der Waals surface area (Å²) in [4.78, 5) is 16.2. The zero-order valence-electron chi connectivity index (χ0n) is 10.4. The minimum Gasteiger partial charge on any atom is -0.395 e. The standard InChI is InChI=1S/C10H18ClN5O/c1-4-16(5-2)10-13-8(11)12-9(14-10)15(3)6-7-17/h17H,4-7H2,1-3H3. The fourth-order valence-electron chi connectivity index (χ4n) is 1.40. The average molecular weight is 260 g/mol. The molecule has 0 aromatic carbocycles. The molecule has 96 valence electrons. The predicted octanol–water partition coefficient (Wildman–Crippen LogP) is 0.800. The van der Waals surface area contributed by atoms with E-state index in [1.807, 2.05) is 18.7 Å². The maximum absolute atomic E-state index is 8.88. The Bertz CT molecular complexity index is 359. The number of halogens is 1. The van der Waals surface area contributed by atoms with Crippen LogP contribution >= 0.6 is 11.6 Å². The normalized spacial score (nSPS) is 10.4. The van der Waals surface area contributed by atoms with Crippen molar-refractivity contribution in [2.75, 3.05) is 43.1 Å². The Kier molecular flexibility index (Phi) is 5.37. The van der Waals surface area contributed by atoms with E-state index in [1.54, 1.807) is 11.9 Å². The summed E-state index contributed by atoms with van der Waals surface area (Å²) < 4.78 is 0. The van der Waals surface area contributed by atoms with Crippen LogP contribution in [0.5, 0.6) is 0 Å². The van der Waals surface area contributed by atoms with Crippen molar-refractivity contribution < 1.29 is 5.11 Å². The summed E-state index contributed by atoms with van der Waals surface area (Å²) in [5, 5.41) is 9.05. The van der Waals surface area contributed by atoms with Gasteiger partial charge in [-0.1, -0.05) is 0 Å². The van der Waals surface area contributed by atoms with Crippen molar-refractivity contribution in [1.29, 1.82) is 0 Å². The molecule has 1 rings (SSSR count). The lowest BCUT2D eigenvalue weighted by atomic mass is 10.5. The molecule has 0 unspecified atom stereocenters. The molecule has 7 heteroatoms. The van der Waals surface area contributed by atoms with Gasteiger partial charge < -0.3 is 14.9 Å². The molecule has 0 aliphatic heterocycles. The van der Waals surface area contributed by atoms with E-state index >= 15 is 0 Å². The molecule has 1 N–H and O–H groups in total. The SMILES string of the molecule is CCN(CC)c1nc(Cl)nc(N(C)CCO)n1. The van der Waals surface area contributed by atoms with E-state index < -0.39 is 0 Å². The maximum atomic E-state index is 8.88. The highest BCUT2D eigenvalue weighted by Gasteiger charge is 2.12. The van der Waals surface area contributed by atoms with Gasteiger partial charge in [-0.2, -0.15) is 15.0 Å². The molecule has 0 fully saturated rings. The first-order valence-corrected chi connectivity index (χ1v) is 5.98. The largest absolute Gasteiger partial charge is 0.395 e. The number of aromatic nitrogens is 3. The molecule has 1 aromatic rings. The van der Waals surface area contributed by atoms with Crippen LogP contribution in [0.25, 0.3) is 0 Å². The fourth-order valence-corrected chi connectivity index (χ4v) is 1.55. The van der Waals surface area contributed by atoms with Crippen molar-refractivity contribution in [2.45, 2.75) is 13.8 Å². The van der Waals surface area contributed by atoms with Crippen LogP contribution in [0, 0.1) is 0 Å². The topological polar surface area (TPSA) is 65.4 Å². The van der Waals surface area contributed by atoms with Crippen molar-refractivity contribution in [1.82, 2.24) is 15.0 Å². The number of rotatable bonds is 6. The van der Waals surface area contributed by atoms with Crippen molar-refractivity contribution >= 4 is 23.5 Å². The second-order valence-electron chi connectivity index (χ2n) is 3.52. The van der Waals surface area contributed by atoms with Crippen LogP contribution in [0.2, 0.25) is 5.28 Å². The third-order valence-corrected chi connectivity index (χ3v) is 2.58. The van der Waals surface area contributed by atoms with Crippen LogP contribution in [0.1, 0.15) is 13.8 Å². The average Bonchev–Trinajstić information content (AvgIpc) is 2.30. The molecule has 1 aromatic heterocycles. The fraction of sp³-hybridized carbons (Fsp3) is 0.700. The maximum Gasteiger partial charge on any atom is 0.231 e. The predicted molar refractivity (Wildman–Crippen MR) is 68.8 cm³/mol. The van der Waals surface area contributed by atoms with Crippen LogP contribution in [0.4, 0.5) is 11.9 Å². The van der Waals surface area contributed by atoms with Gasteiger partial charge in [0.1, 0.15) is 0 Å². The lowest BCUT2D eigenvalue weighted by molar-refractivity contribution is 0.303. The molecule has 0 atom stereocenters. The number of likely N-dealkylation sites (N-methyl/N-ethyl adjacent to an activating group) is 1. The summed E-state index contributed by atoms with van der Waals surface area (Å²) in [6, 6.07) is 0. The molecular formula is C10H18ClN5O. The van der Waals surface area contributed by atoms with E-state index in [-0.39, 0.29) is 11.9 Å². The molecule has 17 heavy (non-hydrogen) atoms. The third kappa shape index (κ3) is 3.67. The van der Waals surface area contributed by atoms with Gasteiger partial charge in [0.2, 0.25) is 17.2 Å². The van der Waals surface area contributed by atoms with E-state index in [1.165, 1.54) is 0 Å². The number of nitrogens with zero attached hydrogens (tertiary/aromatic N) is 5. The van der Waals surface area contributed by atoms with E-state index in [4.69, 9.17) is 16.7 Å². The van der Waals surface area contributed by atoms with Crippen LogP contribution in [0.3, 0.4) is 0 Å². The minimum atomic E-state index is 0.0421. The first kappa shape index (κ1) is 13.9. The van der Waals surface area contributed by atoms with Gasteiger partial charge in [0.15, 0.2) is 0 Å². The van der Waals surface area contributed by atoms with Gasteiger partial charge in [0, 0.05) is 26.7 Å². The first-order chi connectivity index (χ1) is 8.12. The van der Waals surface area contributed by atoms with Crippen molar-refractivity contribution in [2.24, 2.45) is 0 Å². The van der Waals surface area contributed by atoms with Gasteiger partial charge in [-0.05, 0) is 25.4 Å². The van der Waals surface area contributed by atoms with Crippen molar-refractivity contribution in [3.05, 3.63) is 5.28 Å². The van der Waals surface area contributed by atoms with Crippen molar-refractivity contribution in [3.8, 4) is 0 Å². The van der Waals surface area contributed by atoms with Crippen LogP contribution in [-0.2, 0) is 0 Å². The quantitative estimate of drug-likeness (QED) is 0.815. The van der Waals surface area contributed by atoms with Gasteiger partial charge in [-0.25, -0.2) is 0 Å². The Hall–Kier alpha value is -1.14. The lowest BCUT2D eigenvalue weighted by Crippen LogP contribution is -2.28. The zero-order valence-corrected chi connectivity index (χ0v) is 11.1. The molecule has 0 aliphatic carbocycles. The number of aliphatic hydroxyl groups is 1. The van der Waals surface area contributed by atoms with Gasteiger partial charge in [0.05, 0.1) is 6.61 Å². The second-order valence-corrected chi connectivity index (χ2v) is 3.86. The summed E-state index contributed by atoms with van der Waals surface area (Å²) in [5.41, 5.74) is 0. The molecule has 0 saturated carbocycles. The molecule has 0 spiro atoms. The molecule has 0 saturated heterocycles. The Morgan fingerprint density at radius 2 is 1.71 bits per heavy atom. The Balaban J connectivity index is 3.00. The lowest BCUT2D eigenvalue weighted by Gasteiger charge is -2.21. The van der Waals surface area contributed by atoms with Gasteiger partial charge in [-0.15, -0.1) is 0 Å². The molecule has 0 radical (unpaired) electrons. The highest BCUT2D eigenvalue weighted by atomic mass is 35.5. The van der Waals surface area contributed by atoms with E-state index in [9.17, 15) is 0 Å². The highest BCUT2D eigenvalue weighted by molar-refractivity contribution is 6.28. The van der Waals surface area contributed by atoms with Gasteiger partial charge in [-0.3, -0.25) is 0 Å². The molecule has 1 heterocycles. The Labute approximate surface area is 106 Å². The zero-order chi connectivity index (χ0) is 12.8. The number of hydrogen-bond donors (Lipinski definition) is 1. The monoisotopic (exact) mass is 259 g/mol. The molecule has 6 nitrogen and oxygen atoms in total. The summed E-state index contributed by atoms with van der Waals surface area (Å²) >= 11 is 5.87. The van der Waals surface area contributed by atoms with Crippen LogP contribution in [-0.4, -0.2) is 53.3 Å². The van der Waals surface area contributed by atoms with Crippen LogP contribution in [0.15, 0.2) is 0 Å². The summed E-state index contributed by atoms with van der Waals surface area (Å²) in [6.07, 6.45) is 0. The second kappa shape index (κ2) is 6.56. The minimum absolute atomic E-state index is 0.0421. The third-order valence-electron chi connectivity index (χ3n) is 2.41. The molecule has 0 aliphatic rings. The van der Waals surface area contributed by atoms with E-state index in [0.717, 1.165) is 13.1 Å². The summed E-state index contributed by atoms with van der Waals surface area (Å²) in [6.45, 7) is 6.16. The van der Waals surface area contributed by atoms with Crippen LogP contribution < -0.4 is 9.80 Å². The Morgan fingerprint density at radius 1 is 1.12 bits per heavy atom. The van der Waals surface area contributed by atoms with E-state index in [2.05, 4.69) is 15.0 Å². The molecule has 0 bridgehead atoms. The number of hydrogen-bond acceptors (Lipinski definition) is 6. The molecule has 0 amide bonds. The number of anilines is 2. The van der Waals surface area contributed by atoms with Crippen molar-refractivity contribution in [3.63, 3.8) is 0 Å². The number of aliphatic hydroxyl groups excluding tert-OH is 1. The van der Waals surface area contributed by atoms with E-state index in [0.29, 0.717) is 18.4 Å². The summed E-state index contributed by atoms with van der Waals surface area (Å²) in [5.74, 6) is 1.04.